The first-order chi connectivity index (χ1) is 18.6. The van der Waals surface area contributed by atoms with E-state index in [0.717, 1.165) is 0 Å². The molecule has 0 bridgehead atoms. The smallest absolute Gasteiger partial charge is 0.416 e. The van der Waals surface area contributed by atoms with Crippen LogP contribution in [-0.2, 0) is 11.0 Å². The van der Waals surface area contributed by atoms with Gasteiger partial charge in [-0.2, -0.15) is 13.2 Å². The highest BCUT2D eigenvalue weighted by atomic mass is 35.5. The van der Waals surface area contributed by atoms with E-state index in [9.17, 15) is 27.6 Å². The fourth-order valence-corrected chi connectivity index (χ4v) is 5.51. The Hall–Kier alpha value is -2.96. The normalized spacial score (nSPS) is 17.6. The molecule has 210 valence electrons. The number of halogens is 8. The Morgan fingerprint density at radius 3 is 2.05 bits per heavy atom. The molecular formula is C24H14Cl5F3N4O4. The second-order valence-electron chi connectivity index (χ2n) is 8.52. The van der Waals surface area contributed by atoms with Gasteiger partial charge in [-0.3, -0.25) is 14.9 Å². The topological polar surface area (TPSA) is 120 Å². The van der Waals surface area contributed by atoms with Gasteiger partial charge >= 0.3 is 12.3 Å². The van der Waals surface area contributed by atoms with Gasteiger partial charge in [0.1, 0.15) is 16.0 Å². The van der Waals surface area contributed by atoms with Crippen LogP contribution in [0.15, 0.2) is 48.5 Å². The monoisotopic (exact) mass is 654 g/mol. The molecule has 1 aliphatic rings. The number of pyridine rings is 1. The third kappa shape index (κ3) is 6.67. The summed E-state index contributed by atoms with van der Waals surface area (Å²) >= 11 is 30.9. The molecule has 2 atom stereocenters. The summed E-state index contributed by atoms with van der Waals surface area (Å²) < 4.78 is 38.4. The van der Waals surface area contributed by atoms with Gasteiger partial charge in [0.2, 0.25) is 5.91 Å². The van der Waals surface area contributed by atoms with Crippen LogP contribution in [0.25, 0.3) is 0 Å². The van der Waals surface area contributed by atoms with Crippen LogP contribution in [0.3, 0.4) is 0 Å². The molecule has 3 amide bonds. The van der Waals surface area contributed by atoms with E-state index >= 15 is 0 Å². The average Bonchev–Trinajstić information content (AvgIpc) is 3.40. The quantitative estimate of drug-likeness (QED) is 0.201. The molecule has 1 aliphatic carbocycles. The van der Waals surface area contributed by atoms with Crippen LogP contribution in [0.2, 0.25) is 15.1 Å². The van der Waals surface area contributed by atoms with Crippen LogP contribution >= 0.6 is 58.0 Å². The number of hydrogen-bond acceptors (Lipinski definition) is 4. The van der Waals surface area contributed by atoms with Crippen molar-refractivity contribution in [3.63, 3.8) is 0 Å². The van der Waals surface area contributed by atoms with Gasteiger partial charge in [-0.15, -0.1) is 23.2 Å². The molecule has 4 N–H and O–H groups in total. The summed E-state index contributed by atoms with van der Waals surface area (Å²) in [6.07, 6.45) is -6.53. The Kier molecular flexibility index (Phi) is 8.35. The molecule has 1 saturated carbocycles. The van der Waals surface area contributed by atoms with Crippen molar-refractivity contribution in [2.45, 2.75) is 16.4 Å². The van der Waals surface area contributed by atoms with E-state index in [1.807, 2.05) is 0 Å². The first kappa shape index (κ1) is 30.0. The molecule has 0 spiro atoms. The Bertz CT molecular complexity index is 1520. The Morgan fingerprint density at radius 1 is 0.875 bits per heavy atom. The van der Waals surface area contributed by atoms with Gasteiger partial charge in [-0.25, -0.2) is 9.78 Å². The molecule has 4 rings (SSSR count). The molecule has 0 aliphatic heterocycles. The van der Waals surface area contributed by atoms with Crippen molar-refractivity contribution < 1.29 is 32.7 Å². The molecule has 16 heteroatoms. The summed E-state index contributed by atoms with van der Waals surface area (Å²) in [5.41, 5.74) is -0.851. The minimum atomic E-state index is -4.86. The summed E-state index contributed by atoms with van der Waals surface area (Å²) in [4.78, 5) is 40.4. The fraction of sp³-hybridized carbons (Fsp3) is 0.167. The van der Waals surface area contributed by atoms with Crippen molar-refractivity contribution in [1.29, 1.82) is 0 Å². The van der Waals surface area contributed by atoms with Crippen molar-refractivity contribution in [2.75, 3.05) is 16.0 Å². The average molecular weight is 657 g/mol. The van der Waals surface area contributed by atoms with Gasteiger partial charge in [-0.05, 0) is 54.1 Å². The van der Waals surface area contributed by atoms with Gasteiger partial charge in [0.05, 0.1) is 22.1 Å². The minimum Gasteiger partial charge on any atom is -0.465 e. The summed E-state index contributed by atoms with van der Waals surface area (Å²) in [6, 6.07) is 9.47. The Balaban J connectivity index is 1.54. The van der Waals surface area contributed by atoms with Gasteiger partial charge in [0, 0.05) is 21.7 Å². The van der Waals surface area contributed by atoms with Gasteiger partial charge in [0.15, 0.2) is 0 Å². The molecule has 3 aromatic rings. The lowest BCUT2D eigenvalue weighted by atomic mass is 10.1. The third-order valence-corrected chi connectivity index (χ3v) is 7.39. The van der Waals surface area contributed by atoms with E-state index in [-0.39, 0.29) is 16.3 Å². The second-order valence-corrected chi connectivity index (χ2v) is 11.2. The molecular weight excluding hydrogens is 643 g/mol. The van der Waals surface area contributed by atoms with Crippen molar-refractivity contribution in [3.05, 3.63) is 80.3 Å². The highest BCUT2D eigenvalue weighted by Crippen LogP contribution is 2.65. The summed E-state index contributed by atoms with van der Waals surface area (Å²) in [5, 5.41) is 15.8. The maximum Gasteiger partial charge on any atom is 0.416 e. The lowest BCUT2D eigenvalue weighted by Gasteiger charge is -2.13. The van der Waals surface area contributed by atoms with Crippen LogP contribution in [0.4, 0.5) is 35.3 Å². The number of nitrogens with one attached hydrogen (secondary N) is 3. The predicted molar refractivity (Wildman–Crippen MR) is 146 cm³/mol. The van der Waals surface area contributed by atoms with Gasteiger partial charge in [0.25, 0.3) is 5.91 Å². The van der Waals surface area contributed by atoms with Crippen LogP contribution in [0, 0.1) is 5.92 Å². The number of hydrogen-bond donors (Lipinski definition) is 4. The van der Waals surface area contributed by atoms with Crippen molar-refractivity contribution in [3.8, 4) is 0 Å². The van der Waals surface area contributed by atoms with Gasteiger partial charge in [-0.1, -0.05) is 34.8 Å². The summed E-state index contributed by atoms with van der Waals surface area (Å²) in [7, 11) is 0. The number of carbonyl (C=O) groups excluding carboxylic acids is 2. The lowest BCUT2D eigenvalue weighted by molar-refractivity contribution is -0.137. The van der Waals surface area contributed by atoms with E-state index in [4.69, 9.17) is 63.1 Å². The number of alkyl halides is 5. The van der Waals surface area contributed by atoms with Crippen LogP contribution in [0.1, 0.15) is 27.4 Å². The number of carboxylic acid groups (broad SMARTS) is 1. The lowest BCUT2D eigenvalue weighted by Crippen LogP contribution is -2.19. The van der Waals surface area contributed by atoms with Crippen molar-refractivity contribution in [1.82, 2.24) is 4.98 Å². The van der Waals surface area contributed by atoms with Crippen LogP contribution in [0.5, 0.6) is 0 Å². The number of aromatic nitrogens is 1. The zero-order valence-electron chi connectivity index (χ0n) is 19.4. The molecule has 2 aromatic carbocycles. The minimum absolute atomic E-state index is 0.101. The molecule has 1 heterocycles. The number of anilines is 3. The summed E-state index contributed by atoms with van der Waals surface area (Å²) in [5.74, 6) is -4.41. The third-order valence-electron chi connectivity index (χ3n) is 5.69. The van der Waals surface area contributed by atoms with Crippen molar-refractivity contribution in [2.24, 2.45) is 5.92 Å². The number of amides is 3. The van der Waals surface area contributed by atoms with Crippen LogP contribution in [-0.4, -0.2) is 32.3 Å². The Morgan fingerprint density at radius 2 is 1.48 bits per heavy atom. The highest BCUT2D eigenvalue weighted by Gasteiger charge is 2.67. The first-order valence-electron chi connectivity index (χ1n) is 10.9. The van der Waals surface area contributed by atoms with E-state index < -0.39 is 57.5 Å². The molecule has 0 saturated heterocycles. The van der Waals surface area contributed by atoms with E-state index in [0.29, 0.717) is 27.7 Å². The number of benzene rings is 2. The zero-order valence-corrected chi connectivity index (χ0v) is 23.2. The van der Waals surface area contributed by atoms with Crippen molar-refractivity contribution >= 4 is 93.2 Å². The molecule has 1 aromatic heterocycles. The van der Waals surface area contributed by atoms with E-state index in [2.05, 4.69) is 15.6 Å². The number of rotatable bonds is 6. The number of nitrogens with zero attached hydrogens (tertiary/aromatic N) is 1. The largest absolute Gasteiger partial charge is 0.465 e. The SMILES string of the molecule is O=C(O)Nc1cc(C(F)(F)F)cc(NC(=O)c2cc(NC(=O)[C@@H]3[C@@H](c4cc(Cl)cc(Cl)c4)C3(Cl)Cl)ccc2Cl)n1. The first-order valence-corrected chi connectivity index (χ1v) is 12.8. The maximum absolute atomic E-state index is 13.3. The molecule has 40 heavy (non-hydrogen) atoms. The van der Waals surface area contributed by atoms with E-state index in [1.54, 1.807) is 17.4 Å². The zero-order chi connectivity index (χ0) is 29.6. The highest BCUT2D eigenvalue weighted by molar-refractivity contribution is 6.53. The molecule has 0 radical (unpaired) electrons. The maximum atomic E-state index is 13.3. The standard InChI is InChI=1S/C24H14Cl5F3N4O4/c25-11-3-9(4-12(26)7-11)18-19(23(18,28)29)21(38)33-13-1-2-15(27)14(8-13)20(37)35-16-5-10(24(30,31)32)6-17(34-16)36-22(39)40/h1-8,18-19H,(H,33,38)(H,39,40)(H2,34,35,36,37)/t18-,19+/m1/s1. The van der Waals surface area contributed by atoms with Crippen LogP contribution < -0.4 is 16.0 Å². The summed E-state index contributed by atoms with van der Waals surface area (Å²) in [6.45, 7) is 0. The molecule has 8 nitrogen and oxygen atoms in total. The number of carbonyl (C=O) groups is 3. The second kappa shape index (κ2) is 11.1. The van der Waals surface area contributed by atoms with E-state index in [1.165, 1.54) is 24.3 Å². The predicted octanol–water partition coefficient (Wildman–Crippen LogP) is 7.93. The Labute approximate surface area is 248 Å². The molecule has 1 fully saturated rings. The fourth-order valence-electron chi connectivity index (χ4n) is 3.93. The molecule has 0 unspecified atom stereocenters. The van der Waals surface area contributed by atoms with Gasteiger partial charge < -0.3 is 15.7 Å².